The standard InChI is InChI=1S/C19H13ClN4/c20-16-8-10-17(11-9-16)24-18(14-5-2-1-3-6-14)22-23-19(24)15-7-4-12-21-13-15/h1-13H. The van der Waals surface area contributed by atoms with E-state index in [4.69, 9.17) is 11.6 Å². The summed E-state index contributed by atoms with van der Waals surface area (Å²) in [6.45, 7) is 0. The molecule has 5 heteroatoms. The molecule has 2 aromatic carbocycles. The summed E-state index contributed by atoms with van der Waals surface area (Å²) in [7, 11) is 0. The maximum absolute atomic E-state index is 6.04. The molecule has 0 amide bonds. The van der Waals surface area contributed by atoms with E-state index in [9.17, 15) is 0 Å². The van der Waals surface area contributed by atoms with Gasteiger partial charge in [0.05, 0.1) is 0 Å². The Morgan fingerprint density at radius 3 is 2.04 bits per heavy atom. The summed E-state index contributed by atoms with van der Waals surface area (Å²) in [5, 5.41) is 9.51. The third-order valence-electron chi connectivity index (χ3n) is 3.70. The molecule has 0 saturated carbocycles. The molecule has 0 saturated heterocycles. The molecule has 0 unspecified atom stereocenters. The van der Waals surface area contributed by atoms with Crippen LogP contribution in [0, 0.1) is 0 Å². The van der Waals surface area contributed by atoms with E-state index in [1.165, 1.54) is 0 Å². The number of hydrogen-bond acceptors (Lipinski definition) is 3. The quantitative estimate of drug-likeness (QED) is 0.548. The third kappa shape index (κ3) is 2.68. The van der Waals surface area contributed by atoms with E-state index in [-0.39, 0.29) is 0 Å². The second kappa shape index (κ2) is 6.26. The van der Waals surface area contributed by atoms with Crippen molar-refractivity contribution in [3.05, 3.63) is 84.1 Å². The molecular formula is C19H13ClN4. The molecule has 2 heterocycles. The average molecular weight is 333 g/mol. The van der Waals surface area contributed by atoms with Crippen molar-refractivity contribution in [3.8, 4) is 28.5 Å². The highest BCUT2D eigenvalue weighted by molar-refractivity contribution is 6.30. The molecule has 4 aromatic rings. The molecule has 4 rings (SSSR count). The van der Waals surface area contributed by atoms with Gasteiger partial charge in [0.1, 0.15) is 0 Å². The number of hydrogen-bond donors (Lipinski definition) is 0. The molecular weight excluding hydrogens is 320 g/mol. The molecule has 2 aromatic heterocycles. The molecule has 0 N–H and O–H groups in total. The van der Waals surface area contributed by atoms with E-state index in [1.807, 2.05) is 71.3 Å². The molecule has 0 spiro atoms. The van der Waals surface area contributed by atoms with Crippen LogP contribution in [0.4, 0.5) is 0 Å². The number of rotatable bonds is 3. The minimum absolute atomic E-state index is 0.691. The molecule has 116 valence electrons. The molecule has 0 aliphatic heterocycles. The zero-order valence-corrected chi connectivity index (χ0v) is 13.4. The second-order valence-corrected chi connectivity index (χ2v) is 5.70. The van der Waals surface area contributed by atoms with E-state index < -0.39 is 0 Å². The van der Waals surface area contributed by atoms with Crippen molar-refractivity contribution < 1.29 is 0 Å². The van der Waals surface area contributed by atoms with E-state index in [0.29, 0.717) is 5.02 Å². The lowest BCUT2D eigenvalue weighted by Crippen LogP contribution is -2.00. The van der Waals surface area contributed by atoms with E-state index in [1.54, 1.807) is 12.4 Å². The van der Waals surface area contributed by atoms with Crippen LogP contribution in [0.2, 0.25) is 5.02 Å². The fourth-order valence-electron chi connectivity index (χ4n) is 2.58. The van der Waals surface area contributed by atoms with Gasteiger partial charge in [-0.1, -0.05) is 41.9 Å². The van der Waals surface area contributed by atoms with Gasteiger partial charge in [-0.2, -0.15) is 0 Å². The Morgan fingerprint density at radius 2 is 1.38 bits per heavy atom. The first-order valence-electron chi connectivity index (χ1n) is 7.50. The number of aromatic nitrogens is 4. The summed E-state index contributed by atoms with van der Waals surface area (Å²) in [6, 6.07) is 21.5. The molecule has 0 radical (unpaired) electrons. The zero-order valence-electron chi connectivity index (χ0n) is 12.7. The summed E-state index contributed by atoms with van der Waals surface area (Å²) < 4.78 is 2.02. The predicted octanol–water partition coefficient (Wildman–Crippen LogP) is 4.65. The second-order valence-electron chi connectivity index (χ2n) is 5.27. The van der Waals surface area contributed by atoms with Crippen molar-refractivity contribution in [1.29, 1.82) is 0 Å². The van der Waals surface area contributed by atoms with Crippen molar-refractivity contribution in [2.75, 3.05) is 0 Å². The minimum Gasteiger partial charge on any atom is -0.275 e. The molecule has 0 atom stereocenters. The van der Waals surface area contributed by atoms with Crippen molar-refractivity contribution in [3.63, 3.8) is 0 Å². The summed E-state index contributed by atoms with van der Waals surface area (Å²) in [5.74, 6) is 1.51. The first-order valence-corrected chi connectivity index (χ1v) is 7.88. The molecule has 24 heavy (non-hydrogen) atoms. The van der Waals surface area contributed by atoms with Crippen LogP contribution in [0.25, 0.3) is 28.5 Å². The van der Waals surface area contributed by atoms with Gasteiger partial charge in [0.15, 0.2) is 11.6 Å². The van der Waals surface area contributed by atoms with Gasteiger partial charge >= 0.3 is 0 Å². The minimum atomic E-state index is 0.691. The van der Waals surface area contributed by atoms with Crippen LogP contribution >= 0.6 is 11.6 Å². The largest absolute Gasteiger partial charge is 0.275 e. The van der Waals surface area contributed by atoms with Crippen LogP contribution in [-0.4, -0.2) is 19.7 Å². The Labute approximate surface area is 144 Å². The summed E-state index contributed by atoms with van der Waals surface area (Å²) >= 11 is 6.04. The first-order chi connectivity index (χ1) is 11.8. The average Bonchev–Trinajstić information content (AvgIpc) is 3.09. The van der Waals surface area contributed by atoms with Crippen molar-refractivity contribution in [2.24, 2.45) is 0 Å². The fraction of sp³-hybridized carbons (Fsp3) is 0. The monoisotopic (exact) mass is 332 g/mol. The van der Waals surface area contributed by atoms with Crippen LogP contribution in [0.5, 0.6) is 0 Å². The molecule has 0 aliphatic carbocycles. The van der Waals surface area contributed by atoms with Crippen molar-refractivity contribution >= 4 is 11.6 Å². The van der Waals surface area contributed by atoms with Gasteiger partial charge in [-0.3, -0.25) is 9.55 Å². The third-order valence-corrected chi connectivity index (χ3v) is 3.95. The number of pyridine rings is 1. The van der Waals surface area contributed by atoms with Gasteiger partial charge in [-0.15, -0.1) is 10.2 Å². The van der Waals surface area contributed by atoms with Crippen LogP contribution in [-0.2, 0) is 0 Å². The van der Waals surface area contributed by atoms with Gasteiger partial charge in [0.25, 0.3) is 0 Å². The Kier molecular flexibility index (Phi) is 3.81. The highest BCUT2D eigenvalue weighted by Crippen LogP contribution is 2.28. The SMILES string of the molecule is Clc1ccc(-n2c(-c3ccccc3)nnc2-c2cccnc2)cc1. The number of nitrogens with zero attached hydrogens (tertiary/aromatic N) is 4. The summed E-state index contributed by atoms with van der Waals surface area (Å²) in [5.41, 5.74) is 2.85. The maximum Gasteiger partial charge on any atom is 0.170 e. The lowest BCUT2D eigenvalue weighted by molar-refractivity contribution is 1.07. The fourth-order valence-corrected chi connectivity index (χ4v) is 2.70. The normalized spacial score (nSPS) is 10.7. The molecule has 0 aliphatic rings. The zero-order chi connectivity index (χ0) is 16.4. The van der Waals surface area contributed by atoms with Crippen LogP contribution in [0.3, 0.4) is 0 Å². The highest BCUT2D eigenvalue weighted by Gasteiger charge is 2.16. The van der Waals surface area contributed by atoms with Gasteiger partial charge < -0.3 is 0 Å². The predicted molar refractivity (Wildman–Crippen MR) is 95.0 cm³/mol. The lowest BCUT2D eigenvalue weighted by atomic mass is 10.2. The van der Waals surface area contributed by atoms with Crippen LogP contribution in [0.1, 0.15) is 0 Å². The van der Waals surface area contributed by atoms with Crippen molar-refractivity contribution in [2.45, 2.75) is 0 Å². The Morgan fingerprint density at radius 1 is 0.708 bits per heavy atom. The lowest BCUT2D eigenvalue weighted by Gasteiger charge is -2.10. The highest BCUT2D eigenvalue weighted by atomic mass is 35.5. The molecule has 4 nitrogen and oxygen atoms in total. The van der Waals surface area contributed by atoms with Gasteiger partial charge in [-0.25, -0.2) is 0 Å². The van der Waals surface area contributed by atoms with Gasteiger partial charge in [-0.05, 0) is 36.4 Å². The summed E-state index contributed by atoms with van der Waals surface area (Å²) in [6.07, 6.45) is 3.52. The smallest absolute Gasteiger partial charge is 0.170 e. The van der Waals surface area contributed by atoms with Crippen LogP contribution < -0.4 is 0 Å². The van der Waals surface area contributed by atoms with E-state index in [0.717, 1.165) is 28.5 Å². The maximum atomic E-state index is 6.04. The van der Waals surface area contributed by atoms with E-state index >= 15 is 0 Å². The van der Waals surface area contributed by atoms with Gasteiger partial charge in [0, 0.05) is 34.2 Å². The van der Waals surface area contributed by atoms with Crippen LogP contribution in [0.15, 0.2) is 79.1 Å². The van der Waals surface area contributed by atoms with E-state index in [2.05, 4.69) is 15.2 Å². The number of halogens is 1. The topological polar surface area (TPSA) is 43.6 Å². The molecule has 0 fully saturated rings. The molecule has 0 bridgehead atoms. The van der Waals surface area contributed by atoms with Gasteiger partial charge in [0.2, 0.25) is 0 Å². The first kappa shape index (κ1) is 14.6. The summed E-state index contributed by atoms with van der Waals surface area (Å²) in [4.78, 5) is 4.19. The number of benzene rings is 2. The Bertz CT molecular complexity index is 891. The Hall–Kier alpha value is -2.98. The Balaban J connectivity index is 1.96. The van der Waals surface area contributed by atoms with Crippen molar-refractivity contribution in [1.82, 2.24) is 19.7 Å².